The van der Waals surface area contributed by atoms with Crippen molar-refractivity contribution >= 4 is 166 Å². The van der Waals surface area contributed by atoms with E-state index in [1.165, 1.54) is 60.5 Å². The number of thiophene rings is 3. The molecule has 10 aromatic carbocycles. The van der Waals surface area contributed by atoms with Crippen molar-refractivity contribution in [2.45, 2.75) is 0 Å². The third kappa shape index (κ3) is 4.96. The first-order valence-electron chi connectivity index (χ1n) is 23.2. The summed E-state index contributed by atoms with van der Waals surface area (Å²) < 4.78 is 14.2. The topological polar surface area (TPSA) is 42.9 Å². The smallest absolute Gasteiger partial charge is 0.232 e. The molecule has 0 spiro atoms. The number of benzene rings is 10. The van der Waals surface area contributed by atoms with E-state index in [0.29, 0.717) is 22.6 Å². The summed E-state index contributed by atoms with van der Waals surface area (Å²) in [5.41, 5.74) is 8.77. The molecule has 0 N–H and O–H groups in total. The molecule has 0 bridgehead atoms. The van der Waals surface area contributed by atoms with E-state index in [9.17, 15) is 11.8 Å². The zero-order valence-corrected chi connectivity index (χ0v) is 39.3. The lowest BCUT2D eigenvalue weighted by Crippen LogP contribution is -2.08. The molecule has 8 heteroatoms. The maximum atomic E-state index is 11.7. The monoisotopic (exact) mass is 941 g/mol. The first kappa shape index (κ1) is 38.2. The average molecular weight is 942 g/mol. The van der Waals surface area contributed by atoms with Crippen LogP contribution in [-0.4, -0.2) is 13.7 Å². The van der Waals surface area contributed by atoms with Crippen LogP contribution in [0, 0.1) is 17.9 Å². The van der Waals surface area contributed by atoms with Crippen LogP contribution in [0.2, 0.25) is 0 Å². The van der Waals surface area contributed by atoms with E-state index >= 15 is 0 Å². The van der Waals surface area contributed by atoms with Crippen molar-refractivity contribution in [3.8, 4) is 23.1 Å². The summed E-state index contributed by atoms with van der Waals surface area (Å²) in [5, 5.41) is 25.7. The molecule has 70 heavy (non-hydrogen) atoms. The second-order valence-corrected chi connectivity index (χ2v) is 21.4. The third-order valence-electron chi connectivity index (χ3n) is 14.7. The van der Waals surface area contributed by atoms with Gasteiger partial charge in [0.25, 0.3) is 0 Å². The minimum Gasteiger partial charge on any atom is -0.317 e. The highest BCUT2D eigenvalue weighted by Gasteiger charge is 2.29. The van der Waals surface area contributed by atoms with Crippen LogP contribution in [-0.2, 0) is 0 Å². The molecule has 0 aliphatic heterocycles. The van der Waals surface area contributed by atoms with Gasteiger partial charge in [0.15, 0.2) is 0 Å². The van der Waals surface area contributed by atoms with Gasteiger partial charge in [0.1, 0.15) is 0 Å². The Hall–Kier alpha value is -8.76. The van der Waals surface area contributed by atoms with Crippen LogP contribution in [0.25, 0.3) is 148 Å². The predicted octanol–water partition coefficient (Wildman–Crippen LogP) is 18.5. The number of nitrogens with zero attached hydrogens (tertiary/aromatic N) is 5. The molecular formula is C62H31N5S3. The van der Waals surface area contributed by atoms with Crippen LogP contribution < -0.4 is 0 Å². The Morgan fingerprint density at radius 3 is 1.11 bits per heavy atom. The van der Waals surface area contributed by atoms with E-state index in [1.807, 2.05) is 0 Å². The number of fused-ring (bicyclic) bond motifs is 18. The third-order valence-corrected chi connectivity index (χ3v) is 18.1. The Labute approximate surface area is 410 Å². The summed E-state index contributed by atoms with van der Waals surface area (Å²) in [5.74, 6) is 0. The Morgan fingerprint density at radius 2 is 0.700 bits per heavy atom. The minimum atomic E-state index is 0.303. The van der Waals surface area contributed by atoms with Crippen LogP contribution >= 0.6 is 34.0 Å². The van der Waals surface area contributed by atoms with Crippen molar-refractivity contribution in [3.63, 3.8) is 0 Å². The van der Waals surface area contributed by atoms with E-state index in [-0.39, 0.29) is 0 Å². The van der Waals surface area contributed by atoms with Gasteiger partial charge in [-0.3, -0.25) is 0 Å². The quantitative estimate of drug-likeness (QED) is 0.163. The molecule has 0 fully saturated rings. The van der Waals surface area contributed by atoms with Gasteiger partial charge in [0, 0.05) is 92.8 Å². The van der Waals surface area contributed by atoms with Crippen molar-refractivity contribution in [1.82, 2.24) is 13.7 Å². The van der Waals surface area contributed by atoms with Crippen LogP contribution in [0.3, 0.4) is 0 Å². The van der Waals surface area contributed by atoms with E-state index < -0.39 is 0 Å². The summed E-state index contributed by atoms with van der Waals surface area (Å²) >= 11 is 5.38. The maximum absolute atomic E-state index is 11.7. The van der Waals surface area contributed by atoms with Gasteiger partial charge in [0.05, 0.1) is 68.4 Å². The lowest BCUT2D eigenvalue weighted by molar-refractivity contribution is 1.08. The van der Waals surface area contributed by atoms with Gasteiger partial charge in [-0.15, -0.1) is 34.0 Å². The molecule has 0 saturated heterocycles. The molecule has 0 unspecified atom stereocenters. The molecule has 0 aliphatic rings. The molecule has 6 heterocycles. The lowest BCUT2D eigenvalue weighted by atomic mass is 10.1. The number of rotatable bonds is 3. The molecule has 0 saturated carbocycles. The fourth-order valence-corrected chi connectivity index (χ4v) is 15.1. The molecule has 16 aromatic rings. The molecule has 6 aromatic heterocycles. The number of para-hydroxylation sites is 3. The van der Waals surface area contributed by atoms with Crippen LogP contribution in [0.15, 0.2) is 188 Å². The van der Waals surface area contributed by atoms with E-state index in [1.54, 1.807) is 34.0 Å². The van der Waals surface area contributed by atoms with E-state index in [2.05, 4.69) is 213 Å². The predicted molar refractivity (Wildman–Crippen MR) is 299 cm³/mol. The number of nitriles is 1. The number of aromatic nitrogens is 3. The van der Waals surface area contributed by atoms with Crippen molar-refractivity contribution in [2.75, 3.05) is 0 Å². The van der Waals surface area contributed by atoms with Gasteiger partial charge in [-0.25, -0.2) is 4.85 Å². The molecule has 0 amide bonds. The summed E-state index contributed by atoms with van der Waals surface area (Å²) in [6, 6.07) is 70.4. The van der Waals surface area contributed by atoms with Crippen molar-refractivity contribution < 1.29 is 0 Å². The highest BCUT2D eigenvalue weighted by atomic mass is 32.1. The molecule has 16 rings (SSSR count). The van der Waals surface area contributed by atoms with Gasteiger partial charge in [-0.1, -0.05) is 109 Å². The van der Waals surface area contributed by atoms with E-state index in [0.717, 1.165) is 71.1 Å². The van der Waals surface area contributed by atoms with Gasteiger partial charge in [-0.05, 0) is 78.9 Å². The zero-order valence-electron chi connectivity index (χ0n) is 36.9. The molecule has 322 valence electrons. The average Bonchev–Trinajstić information content (AvgIpc) is 4.25. The number of hydrogen-bond acceptors (Lipinski definition) is 4. The molecular weight excluding hydrogens is 911 g/mol. The van der Waals surface area contributed by atoms with Crippen LogP contribution in [0.4, 0.5) is 5.69 Å². The van der Waals surface area contributed by atoms with Gasteiger partial charge in [0.2, 0.25) is 5.69 Å². The van der Waals surface area contributed by atoms with Gasteiger partial charge >= 0.3 is 0 Å². The molecule has 5 nitrogen and oxygen atoms in total. The fourth-order valence-electron chi connectivity index (χ4n) is 11.7. The Morgan fingerprint density at radius 1 is 0.343 bits per heavy atom. The van der Waals surface area contributed by atoms with Gasteiger partial charge < -0.3 is 13.7 Å². The molecule has 0 radical (unpaired) electrons. The molecule has 0 atom stereocenters. The SMILES string of the molecule is [C-]#[N+]c1c(C#N)c(-n2c3ccccc3c3cc4c(cc32)sc2ccccc24)cc(-n2c3ccccc3c3cc4c(cc32)sc2ccccc24)c1-n1c2ccccc2c2cc3c(cc21)sc1ccccc13. The first-order chi connectivity index (χ1) is 34.6. The Kier molecular flexibility index (Phi) is 7.60. The van der Waals surface area contributed by atoms with Crippen molar-refractivity contribution in [1.29, 1.82) is 5.26 Å². The number of hydrogen-bond donors (Lipinski definition) is 0. The Balaban J connectivity index is 1.12. The second-order valence-electron chi connectivity index (χ2n) is 18.2. The lowest BCUT2D eigenvalue weighted by Gasteiger charge is -2.22. The second kappa shape index (κ2) is 13.9. The highest BCUT2D eigenvalue weighted by Crippen LogP contribution is 2.50. The van der Waals surface area contributed by atoms with Crippen molar-refractivity contribution in [2.24, 2.45) is 0 Å². The summed E-state index contributed by atoms with van der Waals surface area (Å²) in [6.45, 7) is 9.33. The largest absolute Gasteiger partial charge is 0.317 e. The zero-order chi connectivity index (χ0) is 45.9. The summed E-state index contributed by atoms with van der Waals surface area (Å²) in [7, 11) is 0. The van der Waals surface area contributed by atoms with E-state index in [4.69, 9.17) is 0 Å². The summed E-state index contributed by atoms with van der Waals surface area (Å²) in [4.78, 5) is 4.51. The minimum absolute atomic E-state index is 0.303. The standard InChI is InChI=1S/C62H31N5S3/c1-64-61-46(33-63)50(65-47-20-8-2-14-34(47)40-26-43-37-17-5-11-23-55(37)68-58(43)30-51(40)65)29-54(66-48-21-9-3-15-35(48)41-27-44-38-18-6-12-24-56(38)69-59(44)31-52(41)66)62(61)67-49-22-10-4-16-36(49)42-28-45-39-19-7-13-25-57(39)70-60(45)32-53(42)67/h2-32H. The first-order valence-corrected chi connectivity index (χ1v) is 25.6. The highest BCUT2D eigenvalue weighted by molar-refractivity contribution is 7.26. The van der Waals surface area contributed by atoms with Crippen LogP contribution in [0.5, 0.6) is 0 Å². The Bertz CT molecular complexity index is 5110. The van der Waals surface area contributed by atoms with Crippen LogP contribution in [0.1, 0.15) is 5.56 Å². The van der Waals surface area contributed by atoms with Crippen molar-refractivity contribution in [3.05, 3.63) is 205 Å². The van der Waals surface area contributed by atoms with Gasteiger partial charge in [-0.2, -0.15) is 5.26 Å². The molecule has 0 aliphatic carbocycles. The maximum Gasteiger partial charge on any atom is 0.232 e. The normalized spacial score (nSPS) is 12.3. The fraction of sp³-hybridized carbons (Fsp3) is 0. The summed E-state index contributed by atoms with van der Waals surface area (Å²) in [6.07, 6.45) is 0.